The highest BCUT2D eigenvalue weighted by atomic mass is 32.2. The molecule has 0 N–H and O–H groups in total. The molecule has 2 rings (SSSR count). The van der Waals surface area contributed by atoms with Crippen LogP contribution in [0, 0.1) is 0 Å². The maximum absolute atomic E-state index is 11.6. The Kier molecular flexibility index (Phi) is 6.98. The summed E-state index contributed by atoms with van der Waals surface area (Å²) in [5, 5.41) is 0.0989. The molecular weight excluding hydrogens is 334 g/mol. The molecule has 1 aromatic carbocycles. The lowest BCUT2D eigenvalue weighted by Gasteiger charge is -2.26. The minimum absolute atomic E-state index is 0.0989. The second-order valence-corrected chi connectivity index (χ2v) is 6.61. The topological polar surface area (TPSA) is 48.0 Å². The third-order valence-corrected chi connectivity index (χ3v) is 4.93. The molecule has 0 aromatic heterocycles. The Morgan fingerprint density at radius 1 is 1.39 bits per heavy atom. The van der Waals surface area contributed by atoms with Crippen molar-refractivity contribution in [2.75, 3.05) is 32.6 Å². The maximum atomic E-state index is 11.6. The number of thioether (sulfide) groups is 1. The van der Waals surface area contributed by atoms with Gasteiger partial charge in [-0.2, -0.15) is 0 Å². The van der Waals surface area contributed by atoms with Crippen molar-refractivity contribution < 1.29 is 19.0 Å². The van der Waals surface area contributed by atoms with E-state index in [9.17, 15) is 4.79 Å². The van der Waals surface area contributed by atoms with Crippen molar-refractivity contribution in [1.82, 2.24) is 4.90 Å². The van der Waals surface area contributed by atoms with Crippen LogP contribution in [0.1, 0.15) is 13.3 Å². The standard InChI is InChI=1S/C16H21NO4S2/c1-3-20-16(18)10-14(22)17-8-9-23-15(17)11-21-13-7-5-4-6-12(13)19-2/h4-7,15H,3,8-11H2,1-2H3. The lowest BCUT2D eigenvalue weighted by atomic mass is 10.3. The summed E-state index contributed by atoms with van der Waals surface area (Å²) in [7, 11) is 1.62. The van der Waals surface area contributed by atoms with Crippen LogP contribution in [0.25, 0.3) is 0 Å². The van der Waals surface area contributed by atoms with Gasteiger partial charge in [0.15, 0.2) is 11.5 Å². The fraction of sp³-hybridized carbons (Fsp3) is 0.500. The van der Waals surface area contributed by atoms with Crippen molar-refractivity contribution >= 4 is 34.9 Å². The second kappa shape index (κ2) is 8.98. The Bertz CT molecular complexity index is 553. The van der Waals surface area contributed by atoms with Crippen LogP contribution in [0.15, 0.2) is 24.3 Å². The minimum Gasteiger partial charge on any atom is -0.493 e. The fourth-order valence-electron chi connectivity index (χ4n) is 2.28. The van der Waals surface area contributed by atoms with Crippen LogP contribution in [0.5, 0.6) is 11.5 Å². The maximum Gasteiger partial charge on any atom is 0.312 e. The first-order valence-electron chi connectivity index (χ1n) is 7.48. The van der Waals surface area contributed by atoms with Crippen molar-refractivity contribution in [2.45, 2.75) is 18.7 Å². The lowest BCUT2D eigenvalue weighted by molar-refractivity contribution is -0.141. The van der Waals surface area contributed by atoms with E-state index in [1.807, 2.05) is 29.2 Å². The Morgan fingerprint density at radius 3 is 2.83 bits per heavy atom. The molecule has 1 atom stereocenters. The molecule has 1 saturated heterocycles. The van der Waals surface area contributed by atoms with Crippen molar-refractivity contribution in [3.8, 4) is 11.5 Å². The number of rotatable bonds is 7. The van der Waals surface area contributed by atoms with Gasteiger partial charge in [-0.05, 0) is 19.1 Å². The van der Waals surface area contributed by atoms with Crippen LogP contribution < -0.4 is 9.47 Å². The molecule has 0 spiro atoms. The number of hydrogen-bond donors (Lipinski definition) is 0. The summed E-state index contributed by atoms with van der Waals surface area (Å²) in [6.07, 6.45) is 0.148. The Labute approximate surface area is 146 Å². The number of thiocarbonyl (C=S) groups is 1. The number of esters is 1. The zero-order valence-corrected chi connectivity index (χ0v) is 15.0. The zero-order valence-electron chi connectivity index (χ0n) is 13.3. The van der Waals surface area contributed by atoms with E-state index in [0.717, 1.165) is 12.3 Å². The van der Waals surface area contributed by atoms with Gasteiger partial charge in [-0.3, -0.25) is 4.79 Å². The third-order valence-electron chi connectivity index (χ3n) is 3.36. The minimum atomic E-state index is -0.279. The van der Waals surface area contributed by atoms with E-state index in [-0.39, 0.29) is 17.8 Å². The molecule has 0 saturated carbocycles. The molecular formula is C16H21NO4S2. The number of methoxy groups -OCH3 is 1. The molecule has 1 unspecified atom stereocenters. The van der Waals surface area contributed by atoms with Gasteiger partial charge in [0, 0.05) is 12.3 Å². The second-order valence-electron chi connectivity index (χ2n) is 4.86. The molecule has 5 nitrogen and oxygen atoms in total. The van der Waals surface area contributed by atoms with Gasteiger partial charge in [-0.25, -0.2) is 0 Å². The average Bonchev–Trinajstić information content (AvgIpc) is 3.02. The van der Waals surface area contributed by atoms with Crippen LogP contribution in [0.2, 0.25) is 0 Å². The van der Waals surface area contributed by atoms with Gasteiger partial charge >= 0.3 is 5.97 Å². The highest BCUT2D eigenvalue weighted by molar-refractivity contribution is 8.00. The van der Waals surface area contributed by atoms with E-state index in [4.69, 9.17) is 26.4 Å². The monoisotopic (exact) mass is 355 g/mol. The summed E-state index contributed by atoms with van der Waals surface area (Å²) in [5.74, 6) is 2.09. The van der Waals surface area contributed by atoms with Crippen molar-refractivity contribution in [1.29, 1.82) is 0 Å². The van der Waals surface area contributed by atoms with E-state index in [1.165, 1.54) is 0 Å². The Balaban J connectivity index is 1.91. The number of para-hydroxylation sites is 2. The predicted octanol–water partition coefficient (Wildman–Crippen LogP) is 2.73. The smallest absolute Gasteiger partial charge is 0.312 e. The molecule has 126 valence electrons. The third kappa shape index (κ3) is 5.00. The molecule has 1 fully saturated rings. The van der Waals surface area contributed by atoms with Gasteiger partial charge in [-0.1, -0.05) is 24.4 Å². The van der Waals surface area contributed by atoms with Gasteiger partial charge < -0.3 is 19.1 Å². The van der Waals surface area contributed by atoms with E-state index in [2.05, 4.69) is 0 Å². The Hall–Kier alpha value is -1.47. The molecule has 1 aliphatic heterocycles. The molecule has 0 bridgehead atoms. The summed E-state index contributed by atoms with van der Waals surface area (Å²) in [6, 6.07) is 7.54. The van der Waals surface area contributed by atoms with Crippen molar-refractivity contribution in [2.24, 2.45) is 0 Å². The first kappa shape index (κ1) is 17.9. The van der Waals surface area contributed by atoms with Gasteiger partial charge in [0.05, 0.1) is 25.1 Å². The molecule has 7 heteroatoms. The number of nitrogens with zero attached hydrogens (tertiary/aromatic N) is 1. The summed E-state index contributed by atoms with van der Waals surface area (Å²) in [5.41, 5.74) is 0. The number of carbonyl (C=O) groups is 1. The molecule has 23 heavy (non-hydrogen) atoms. The summed E-state index contributed by atoms with van der Waals surface area (Å²) in [4.78, 5) is 14.2. The summed E-state index contributed by atoms with van der Waals surface area (Å²) >= 11 is 7.16. The predicted molar refractivity (Wildman–Crippen MR) is 95.3 cm³/mol. The molecule has 1 aromatic rings. The summed E-state index contributed by atoms with van der Waals surface area (Å²) in [6.45, 7) is 3.46. The largest absolute Gasteiger partial charge is 0.493 e. The van der Waals surface area contributed by atoms with Gasteiger partial charge in [0.2, 0.25) is 0 Å². The van der Waals surface area contributed by atoms with E-state index < -0.39 is 0 Å². The van der Waals surface area contributed by atoms with Crippen LogP contribution in [-0.2, 0) is 9.53 Å². The van der Waals surface area contributed by atoms with E-state index in [1.54, 1.807) is 25.8 Å². The highest BCUT2D eigenvalue weighted by Crippen LogP contribution is 2.29. The molecule has 0 radical (unpaired) electrons. The zero-order chi connectivity index (χ0) is 16.7. The van der Waals surface area contributed by atoms with Gasteiger partial charge in [0.1, 0.15) is 12.0 Å². The molecule has 1 heterocycles. The van der Waals surface area contributed by atoms with Crippen LogP contribution >= 0.6 is 24.0 Å². The number of hydrogen-bond acceptors (Lipinski definition) is 6. The van der Waals surface area contributed by atoms with E-state index in [0.29, 0.717) is 29.7 Å². The number of carbonyl (C=O) groups excluding carboxylic acids is 1. The normalized spacial score (nSPS) is 17.0. The molecule has 1 aliphatic rings. The highest BCUT2D eigenvalue weighted by Gasteiger charge is 2.29. The van der Waals surface area contributed by atoms with Crippen LogP contribution in [-0.4, -0.2) is 53.9 Å². The average molecular weight is 355 g/mol. The lowest BCUT2D eigenvalue weighted by Crippen LogP contribution is -2.38. The molecule has 0 aliphatic carbocycles. The first-order valence-corrected chi connectivity index (χ1v) is 8.94. The SMILES string of the molecule is CCOC(=O)CC(=S)N1CCSC1COc1ccccc1OC. The van der Waals surface area contributed by atoms with Crippen LogP contribution in [0.4, 0.5) is 0 Å². The quantitative estimate of drug-likeness (QED) is 0.550. The number of benzene rings is 1. The molecule has 0 amide bonds. The van der Waals surface area contributed by atoms with Gasteiger partial charge in [0.25, 0.3) is 0 Å². The van der Waals surface area contributed by atoms with Crippen molar-refractivity contribution in [3.63, 3.8) is 0 Å². The number of ether oxygens (including phenoxy) is 3. The first-order chi connectivity index (χ1) is 11.2. The van der Waals surface area contributed by atoms with Crippen molar-refractivity contribution in [3.05, 3.63) is 24.3 Å². The summed E-state index contributed by atoms with van der Waals surface area (Å²) < 4.78 is 16.1. The van der Waals surface area contributed by atoms with Crippen LogP contribution in [0.3, 0.4) is 0 Å². The van der Waals surface area contributed by atoms with E-state index >= 15 is 0 Å². The fourth-order valence-corrected chi connectivity index (χ4v) is 3.83. The Morgan fingerprint density at radius 2 is 2.13 bits per heavy atom. The van der Waals surface area contributed by atoms with Gasteiger partial charge in [-0.15, -0.1) is 11.8 Å².